The van der Waals surface area contributed by atoms with Crippen LogP contribution in [0.2, 0.25) is 0 Å². The van der Waals surface area contributed by atoms with Crippen LogP contribution in [0.1, 0.15) is 25.7 Å². The predicted molar refractivity (Wildman–Crippen MR) is 75.4 cm³/mol. The Hall–Kier alpha value is -1.22. The van der Waals surface area contributed by atoms with Crippen LogP contribution in [-0.4, -0.2) is 32.7 Å². The number of sulfonamides is 1. The lowest BCUT2D eigenvalue weighted by atomic mass is 10.3. The molecule has 1 saturated carbocycles. The smallest absolute Gasteiger partial charge is 0.244 e. The molecule has 0 spiro atoms. The number of nitrogen functional groups attached to an aromatic ring is 1. The highest BCUT2D eigenvalue weighted by Crippen LogP contribution is 2.21. The van der Waals surface area contributed by atoms with E-state index in [-0.39, 0.29) is 17.5 Å². The molecule has 0 saturated heterocycles. The molecule has 2 rings (SSSR count). The maximum absolute atomic E-state index is 12.1. The molecule has 0 atom stereocenters. The highest BCUT2D eigenvalue weighted by Gasteiger charge is 2.19. The van der Waals surface area contributed by atoms with Gasteiger partial charge in [0.05, 0.1) is 18.4 Å². The lowest BCUT2D eigenvalue weighted by Crippen LogP contribution is -2.29. The molecule has 0 bridgehead atoms. The molecule has 0 unspecified atom stereocenters. The summed E-state index contributed by atoms with van der Waals surface area (Å²) in [5.41, 5.74) is 2.66. The second-order valence-electron chi connectivity index (χ2n) is 4.69. The Morgan fingerprint density at radius 1 is 1.40 bits per heavy atom. The highest BCUT2D eigenvalue weighted by molar-refractivity contribution is 7.89. The molecule has 1 heterocycles. The van der Waals surface area contributed by atoms with Gasteiger partial charge in [-0.1, -0.05) is 12.8 Å². The second kappa shape index (κ2) is 6.98. The predicted octanol–water partition coefficient (Wildman–Crippen LogP) is 0.605. The minimum Gasteiger partial charge on any atom is -0.377 e. The molecule has 1 aliphatic rings. The second-order valence-corrected chi connectivity index (χ2v) is 6.43. The fourth-order valence-corrected chi connectivity index (χ4v) is 3.37. The molecule has 1 fully saturated rings. The molecule has 0 aromatic carbocycles. The lowest BCUT2D eigenvalue weighted by Gasteiger charge is -2.13. The normalized spacial score (nSPS) is 16.4. The first-order valence-electron chi connectivity index (χ1n) is 6.65. The summed E-state index contributed by atoms with van der Waals surface area (Å²) in [4.78, 5) is 3.84. The van der Waals surface area contributed by atoms with E-state index in [1.54, 1.807) is 0 Å². The number of nitrogens with two attached hydrogens (primary N) is 1. The van der Waals surface area contributed by atoms with E-state index in [1.165, 1.54) is 31.3 Å². The third-order valence-corrected chi connectivity index (χ3v) is 4.77. The lowest BCUT2D eigenvalue weighted by molar-refractivity contribution is 0.0626. The van der Waals surface area contributed by atoms with Gasteiger partial charge in [-0.3, -0.25) is 10.8 Å². The van der Waals surface area contributed by atoms with Crippen molar-refractivity contribution in [2.45, 2.75) is 36.7 Å². The molecule has 112 valence electrons. The van der Waals surface area contributed by atoms with Crippen molar-refractivity contribution >= 4 is 15.7 Å². The molecular weight excluding hydrogens is 280 g/mol. The molecule has 1 aliphatic carbocycles. The van der Waals surface area contributed by atoms with E-state index < -0.39 is 10.0 Å². The number of hydrogen-bond acceptors (Lipinski definition) is 6. The summed E-state index contributed by atoms with van der Waals surface area (Å²) in [6.45, 7) is 0.604. The summed E-state index contributed by atoms with van der Waals surface area (Å²) < 4.78 is 32.3. The van der Waals surface area contributed by atoms with Crippen LogP contribution in [-0.2, 0) is 14.8 Å². The van der Waals surface area contributed by atoms with Crippen molar-refractivity contribution in [2.24, 2.45) is 5.84 Å². The van der Waals surface area contributed by atoms with Crippen molar-refractivity contribution in [3.63, 3.8) is 0 Å². The van der Waals surface area contributed by atoms with Gasteiger partial charge in [0.15, 0.2) is 0 Å². The van der Waals surface area contributed by atoms with Gasteiger partial charge in [0.25, 0.3) is 0 Å². The molecule has 8 heteroatoms. The van der Waals surface area contributed by atoms with E-state index in [0.717, 1.165) is 12.8 Å². The van der Waals surface area contributed by atoms with Crippen LogP contribution in [0.3, 0.4) is 0 Å². The number of pyridine rings is 1. The summed E-state index contributed by atoms with van der Waals surface area (Å²) in [6.07, 6.45) is 7.52. The number of nitrogens with zero attached hydrogens (tertiary/aromatic N) is 1. The number of hydrazine groups is 1. The fourth-order valence-electron chi connectivity index (χ4n) is 2.25. The maximum atomic E-state index is 12.1. The van der Waals surface area contributed by atoms with Gasteiger partial charge in [-0.15, -0.1) is 0 Å². The van der Waals surface area contributed by atoms with E-state index >= 15 is 0 Å². The SMILES string of the molecule is NNc1ccncc1S(=O)(=O)NCCOC1CCCC1. The summed E-state index contributed by atoms with van der Waals surface area (Å²) in [6, 6.07) is 1.50. The van der Waals surface area contributed by atoms with Gasteiger partial charge in [0, 0.05) is 18.9 Å². The van der Waals surface area contributed by atoms with Gasteiger partial charge in [-0.05, 0) is 18.9 Å². The summed E-state index contributed by atoms with van der Waals surface area (Å²) in [5, 5.41) is 0. The van der Waals surface area contributed by atoms with Gasteiger partial charge in [-0.2, -0.15) is 0 Å². The van der Waals surface area contributed by atoms with Crippen LogP contribution in [0.25, 0.3) is 0 Å². The molecule has 1 aromatic rings. The van der Waals surface area contributed by atoms with Crippen LogP contribution in [0.15, 0.2) is 23.4 Å². The van der Waals surface area contributed by atoms with Crippen molar-refractivity contribution in [3.05, 3.63) is 18.5 Å². The Labute approximate surface area is 118 Å². The zero-order valence-electron chi connectivity index (χ0n) is 11.2. The Kier molecular flexibility index (Phi) is 5.30. The molecule has 4 N–H and O–H groups in total. The average Bonchev–Trinajstić information content (AvgIpc) is 2.97. The van der Waals surface area contributed by atoms with Crippen molar-refractivity contribution in [2.75, 3.05) is 18.6 Å². The van der Waals surface area contributed by atoms with Gasteiger partial charge in [0.1, 0.15) is 4.90 Å². The number of nitrogens with one attached hydrogen (secondary N) is 2. The molecule has 0 amide bonds. The van der Waals surface area contributed by atoms with Crippen molar-refractivity contribution < 1.29 is 13.2 Å². The Bertz CT molecular complexity index is 529. The molecule has 0 aliphatic heterocycles. The van der Waals surface area contributed by atoms with Gasteiger partial charge in [0.2, 0.25) is 10.0 Å². The van der Waals surface area contributed by atoms with Crippen LogP contribution >= 0.6 is 0 Å². The standard InChI is InChI=1S/C12H20N4O3S/c13-16-11-5-6-14-9-12(11)20(17,18)15-7-8-19-10-3-1-2-4-10/h5-6,9-10,15H,1-4,7-8,13H2,(H,14,16). The first kappa shape index (κ1) is 15.2. The number of aromatic nitrogens is 1. The van der Waals surface area contributed by atoms with Crippen molar-refractivity contribution in [1.29, 1.82) is 0 Å². The molecular formula is C12H20N4O3S. The molecule has 20 heavy (non-hydrogen) atoms. The quantitative estimate of drug-likeness (QED) is 0.387. The molecule has 7 nitrogen and oxygen atoms in total. The number of anilines is 1. The van der Waals surface area contributed by atoms with Crippen LogP contribution in [0.5, 0.6) is 0 Å². The first-order valence-corrected chi connectivity index (χ1v) is 8.13. The summed E-state index contributed by atoms with van der Waals surface area (Å²) in [5.74, 6) is 5.29. The topological polar surface area (TPSA) is 106 Å². The van der Waals surface area contributed by atoms with Gasteiger partial charge in [-0.25, -0.2) is 13.1 Å². The molecule has 1 aromatic heterocycles. The van der Waals surface area contributed by atoms with Crippen molar-refractivity contribution in [1.82, 2.24) is 9.71 Å². The first-order chi connectivity index (χ1) is 9.63. The Morgan fingerprint density at radius 3 is 2.85 bits per heavy atom. The van der Waals surface area contributed by atoms with E-state index in [4.69, 9.17) is 10.6 Å². The summed E-state index contributed by atoms with van der Waals surface area (Å²) in [7, 11) is -3.63. The van der Waals surface area contributed by atoms with Crippen LogP contribution < -0.4 is 16.0 Å². The van der Waals surface area contributed by atoms with E-state index in [2.05, 4.69) is 15.1 Å². The number of hydrogen-bond donors (Lipinski definition) is 3. The third-order valence-electron chi connectivity index (χ3n) is 3.28. The summed E-state index contributed by atoms with van der Waals surface area (Å²) >= 11 is 0. The average molecular weight is 300 g/mol. The monoisotopic (exact) mass is 300 g/mol. The highest BCUT2D eigenvalue weighted by atomic mass is 32.2. The van der Waals surface area contributed by atoms with E-state index in [0.29, 0.717) is 12.3 Å². The zero-order chi connectivity index (χ0) is 14.4. The molecule has 0 radical (unpaired) electrons. The minimum atomic E-state index is -3.63. The number of rotatable bonds is 7. The maximum Gasteiger partial charge on any atom is 0.244 e. The van der Waals surface area contributed by atoms with E-state index in [9.17, 15) is 8.42 Å². The third kappa shape index (κ3) is 3.89. The Morgan fingerprint density at radius 2 is 2.15 bits per heavy atom. The van der Waals surface area contributed by atoms with Crippen molar-refractivity contribution in [3.8, 4) is 0 Å². The van der Waals surface area contributed by atoms with Gasteiger partial charge >= 0.3 is 0 Å². The van der Waals surface area contributed by atoms with Crippen LogP contribution in [0.4, 0.5) is 5.69 Å². The zero-order valence-corrected chi connectivity index (χ0v) is 12.0. The number of ether oxygens (including phenoxy) is 1. The van der Waals surface area contributed by atoms with Gasteiger partial charge < -0.3 is 10.2 Å². The van der Waals surface area contributed by atoms with Crippen LogP contribution in [0, 0.1) is 0 Å². The van der Waals surface area contributed by atoms with E-state index in [1.807, 2.05) is 0 Å². The Balaban J connectivity index is 1.87. The fraction of sp³-hybridized carbons (Fsp3) is 0.583. The largest absolute Gasteiger partial charge is 0.377 e. The minimum absolute atomic E-state index is 0.0309.